The summed E-state index contributed by atoms with van der Waals surface area (Å²) in [6.45, 7) is 0. The largest absolute Gasteiger partial charge is 0.496 e. The molecule has 0 N–H and O–H groups in total. The SMILES string of the molecule is COc1ccc(Cl)cc1C(=O)CC#N. The Labute approximate surface area is 86.9 Å². The second kappa shape index (κ2) is 4.64. The minimum absolute atomic E-state index is 0.170. The van der Waals surface area contributed by atoms with Gasteiger partial charge in [-0.15, -0.1) is 0 Å². The zero-order valence-corrected chi connectivity index (χ0v) is 8.34. The topological polar surface area (TPSA) is 50.1 Å². The van der Waals surface area contributed by atoms with Crippen LogP contribution >= 0.6 is 11.6 Å². The molecule has 1 aromatic carbocycles. The van der Waals surface area contributed by atoms with E-state index in [1.54, 1.807) is 18.2 Å². The molecular formula is C10H8ClNO2. The van der Waals surface area contributed by atoms with Crippen molar-refractivity contribution in [1.82, 2.24) is 0 Å². The first-order chi connectivity index (χ1) is 6.69. The van der Waals surface area contributed by atoms with Gasteiger partial charge in [-0.3, -0.25) is 4.79 Å². The third-order valence-electron chi connectivity index (χ3n) is 1.70. The Morgan fingerprint density at radius 2 is 2.36 bits per heavy atom. The van der Waals surface area contributed by atoms with Gasteiger partial charge in [0, 0.05) is 5.02 Å². The van der Waals surface area contributed by atoms with E-state index in [1.807, 2.05) is 0 Å². The molecule has 1 aromatic rings. The molecule has 0 fully saturated rings. The molecule has 0 amide bonds. The summed E-state index contributed by atoms with van der Waals surface area (Å²) in [5, 5.41) is 8.84. The smallest absolute Gasteiger partial charge is 0.180 e. The average molecular weight is 210 g/mol. The maximum atomic E-state index is 11.4. The summed E-state index contributed by atoms with van der Waals surface area (Å²) in [5.41, 5.74) is 0.349. The molecule has 0 aliphatic carbocycles. The highest BCUT2D eigenvalue weighted by Crippen LogP contribution is 2.23. The zero-order valence-electron chi connectivity index (χ0n) is 7.58. The summed E-state index contributed by atoms with van der Waals surface area (Å²) < 4.78 is 4.98. The Kier molecular flexibility index (Phi) is 3.49. The lowest BCUT2D eigenvalue weighted by molar-refractivity contribution is 0.0995. The first-order valence-corrected chi connectivity index (χ1v) is 4.30. The van der Waals surface area contributed by atoms with Crippen LogP contribution in [0.2, 0.25) is 5.02 Å². The van der Waals surface area contributed by atoms with Gasteiger partial charge in [-0.05, 0) is 18.2 Å². The molecule has 0 aliphatic rings. The summed E-state index contributed by atoms with van der Waals surface area (Å²) in [5.74, 6) is 0.154. The molecule has 1 rings (SSSR count). The van der Waals surface area contributed by atoms with Crippen LogP contribution in [0.25, 0.3) is 0 Å². The van der Waals surface area contributed by atoms with E-state index in [-0.39, 0.29) is 12.2 Å². The van der Waals surface area contributed by atoms with Gasteiger partial charge in [0.05, 0.1) is 25.2 Å². The van der Waals surface area contributed by atoms with Crippen LogP contribution in [0.4, 0.5) is 0 Å². The molecule has 0 heterocycles. The van der Waals surface area contributed by atoms with Crippen molar-refractivity contribution in [3.8, 4) is 11.8 Å². The van der Waals surface area contributed by atoms with Crippen molar-refractivity contribution in [2.75, 3.05) is 7.11 Å². The zero-order chi connectivity index (χ0) is 10.6. The number of hydrogen-bond acceptors (Lipinski definition) is 3. The number of ether oxygens (including phenoxy) is 1. The van der Waals surface area contributed by atoms with E-state index in [9.17, 15) is 4.79 Å². The van der Waals surface area contributed by atoms with Crippen LogP contribution in [-0.2, 0) is 0 Å². The maximum absolute atomic E-state index is 11.4. The molecule has 0 unspecified atom stereocenters. The number of carbonyl (C=O) groups is 1. The summed E-state index contributed by atoms with van der Waals surface area (Å²) in [4.78, 5) is 11.4. The molecule has 4 heteroatoms. The lowest BCUT2D eigenvalue weighted by atomic mass is 10.1. The van der Waals surface area contributed by atoms with Crippen molar-refractivity contribution in [2.45, 2.75) is 6.42 Å². The van der Waals surface area contributed by atoms with Gasteiger partial charge in [-0.2, -0.15) is 5.26 Å². The Morgan fingerprint density at radius 1 is 1.64 bits per heavy atom. The van der Waals surface area contributed by atoms with Gasteiger partial charge in [0.15, 0.2) is 5.78 Å². The molecule has 0 radical (unpaired) electrons. The number of hydrogen-bond donors (Lipinski definition) is 0. The molecule has 0 saturated heterocycles. The van der Waals surface area contributed by atoms with Crippen LogP contribution in [-0.4, -0.2) is 12.9 Å². The van der Waals surface area contributed by atoms with Gasteiger partial charge in [-0.25, -0.2) is 0 Å². The number of ketones is 1. The molecule has 0 atom stereocenters. The molecule has 0 aromatic heterocycles. The molecule has 0 aliphatic heterocycles. The van der Waals surface area contributed by atoms with Crippen LogP contribution in [0.1, 0.15) is 16.8 Å². The minimum atomic E-state index is -0.285. The van der Waals surface area contributed by atoms with Crippen LogP contribution in [0.3, 0.4) is 0 Å². The maximum Gasteiger partial charge on any atom is 0.180 e. The second-order valence-electron chi connectivity index (χ2n) is 2.60. The monoisotopic (exact) mass is 209 g/mol. The van der Waals surface area contributed by atoms with E-state index in [0.717, 1.165) is 0 Å². The third kappa shape index (κ3) is 2.24. The highest BCUT2D eigenvalue weighted by molar-refractivity contribution is 6.31. The number of methoxy groups -OCH3 is 1. The summed E-state index contributed by atoms with van der Waals surface area (Å²) in [6.07, 6.45) is -0.170. The lowest BCUT2D eigenvalue weighted by Crippen LogP contribution is -2.00. The highest BCUT2D eigenvalue weighted by atomic mass is 35.5. The van der Waals surface area contributed by atoms with E-state index in [2.05, 4.69) is 0 Å². The van der Waals surface area contributed by atoms with Gasteiger partial charge in [0.1, 0.15) is 5.75 Å². The molecule has 72 valence electrons. The second-order valence-corrected chi connectivity index (χ2v) is 3.04. The van der Waals surface area contributed by atoms with Gasteiger partial charge in [0.25, 0.3) is 0 Å². The number of benzene rings is 1. The highest BCUT2D eigenvalue weighted by Gasteiger charge is 2.11. The van der Waals surface area contributed by atoms with E-state index in [1.165, 1.54) is 13.2 Å². The average Bonchev–Trinajstić information content (AvgIpc) is 2.18. The minimum Gasteiger partial charge on any atom is -0.496 e. The van der Waals surface area contributed by atoms with E-state index in [4.69, 9.17) is 21.6 Å². The normalized spacial score (nSPS) is 9.21. The van der Waals surface area contributed by atoms with Gasteiger partial charge < -0.3 is 4.74 Å². The number of carbonyl (C=O) groups excluding carboxylic acids is 1. The Bertz CT molecular complexity index is 396. The van der Waals surface area contributed by atoms with Crippen LogP contribution < -0.4 is 4.74 Å². The lowest BCUT2D eigenvalue weighted by Gasteiger charge is -2.05. The molecular weight excluding hydrogens is 202 g/mol. The van der Waals surface area contributed by atoms with Crippen molar-refractivity contribution in [3.05, 3.63) is 28.8 Å². The summed E-state index contributed by atoms with van der Waals surface area (Å²) in [6, 6.07) is 6.52. The predicted octanol–water partition coefficient (Wildman–Crippen LogP) is 2.44. The van der Waals surface area contributed by atoms with Crippen LogP contribution in [0.5, 0.6) is 5.75 Å². The van der Waals surface area contributed by atoms with Gasteiger partial charge in [-0.1, -0.05) is 11.6 Å². The first kappa shape index (κ1) is 10.6. The summed E-state index contributed by atoms with van der Waals surface area (Å²) in [7, 11) is 1.46. The van der Waals surface area contributed by atoms with Crippen molar-refractivity contribution in [3.63, 3.8) is 0 Å². The fourth-order valence-corrected chi connectivity index (χ4v) is 1.24. The standard InChI is InChI=1S/C10H8ClNO2/c1-14-10-3-2-7(11)6-8(10)9(13)4-5-12/h2-3,6H,4H2,1H3. The fraction of sp³-hybridized carbons (Fsp3) is 0.200. The molecule has 3 nitrogen and oxygen atoms in total. The fourth-order valence-electron chi connectivity index (χ4n) is 1.07. The first-order valence-electron chi connectivity index (χ1n) is 3.92. The van der Waals surface area contributed by atoms with Crippen molar-refractivity contribution >= 4 is 17.4 Å². The van der Waals surface area contributed by atoms with Crippen molar-refractivity contribution < 1.29 is 9.53 Å². The van der Waals surface area contributed by atoms with E-state index < -0.39 is 0 Å². The number of rotatable bonds is 3. The quantitative estimate of drug-likeness (QED) is 0.719. The number of halogens is 1. The van der Waals surface area contributed by atoms with Crippen molar-refractivity contribution in [2.24, 2.45) is 0 Å². The van der Waals surface area contributed by atoms with Crippen LogP contribution in [0, 0.1) is 11.3 Å². The molecule has 0 spiro atoms. The number of Topliss-reactive ketones (excluding diaryl/α,β-unsaturated/α-hetero) is 1. The third-order valence-corrected chi connectivity index (χ3v) is 1.94. The predicted molar refractivity (Wildman–Crippen MR) is 52.6 cm³/mol. The van der Waals surface area contributed by atoms with E-state index >= 15 is 0 Å². The summed E-state index contributed by atoms with van der Waals surface area (Å²) >= 11 is 5.73. The van der Waals surface area contributed by atoms with Gasteiger partial charge >= 0.3 is 0 Å². The Hall–Kier alpha value is -1.53. The molecule has 0 bridgehead atoms. The number of nitriles is 1. The Balaban J connectivity index is 3.11. The van der Waals surface area contributed by atoms with Crippen LogP contribution in [0.15, 0.2) is 18.2 Å². The van der Waals surface area contributed by atoms with Crippen molar-refractivity contribution in [1.29, 1.82) is 5.26 Å². The Morgan fingerprint density at radius 3 is 2.93 bits per heavy atom. The molecule has 0 saturated carbocycles. The number of nitrogens with zero attached hydrogens (tertiary/aromatic N) is 1. The van der Waals surface area contributed by atoms with Gasteiger partial charge in [0.2, 0.25) is 0 Å². The molecule has 14 heavy (non-hydrogen) atoms. The van der Waals surface area contributed by atoms with E-state index in [0.29, 0.717) is 16.3 Å².